The lowest BCUT2D eigenvalue weighted by molar-refractivity contribution is -0.127. The molecular formula is C12H25N3O. The molecule has 1 atom stereocenters. The lowest BCUT2D eigenvalue weighted by Gasteiger charge is -2.40. The molecule has 1 saturated carbocycles. The van der Waals surface area contributed by atoms with Crippen LogP contribution in [-0.4, -0.2) is 42.5 Å². The summed E-state index contributed by atoms with van der Waals surface area (Å²) in [6, 6.07) is 0.534. The molecule has 0 heterocycles. The van der Waals surface area contributed by atoms with Gasteiger partial charge in [-0.2, -0.15) is 0 Å². The van der Waals surface area contributed by atoms with E-state index in [9.17, 15) is 4.79 Å². The van der Waals surface area contributed by atoms with Crippen molar-refractivity contribution in [1.29, 1.82) is 0 Å². The maximum absolute atomic E-state index is 11.9. The molecule has 4 heteroatoms. The first-order valence-corrected chi connectivity index (χ1v) is 6.44. The highest BCUT2D eigenvalue weighted by Crippen LogP contribution is 2.26. The van der Waals surface area contributed by atoms with E-state index in [1.54, 1.807) is 0 Å². The van der Waals surface area contributed by atoms with Crippen LogP contribution in [0.25, 0.3) is 0 Å². The Morgan fingerprint density at radius 1 is 1.56 bits per heavy atom. The van der Waals surface area contributed by atoms with Crippen molar-refractivity contribution in [3.05, 3.63) is 0 Å². The number of hydrogen-bond acceptors (Lipinski definition) is 3. The summed E-state index contributed by atoms with van der Waals surface area (Å²) in [4.78, 5) is 14.1. The molecule has 94 valence electrons. The second-order valence-corrected chi connectivity index (χ2v) is 4.58. The first-order chi connectivity index (χ1) is 7.70. The molecule has 3 N–H and O–H groups in total. The highest BCUT2D eigenvalue weighted by molar-refractivity contribution is 5.81. The molecule has 0 aromatic carbocycles. The number of rotatable bonds is 7. The molecule has 16 heavy (non-hydrogen) atoms. The van der Waals surface area contributed by atoms with Crippen molar-refractivity contribution in [2.75, 3.05) is 19.6 Å². The molecule has 1 fully saturated rings. The van der Waals surface area contributed by atoms with E-state index in [1.807, 2.05) is 6.92 Å². The molecule has 1 amide bonds. The van der Waals surface area contributed by atoms with Crippen molar-refractivity contribution in [1.82, 2.24) is 10.2 Å². The van der Waals surface area contributed by atoms with Gasteiger partial charge in [0.25, 0.3) is 0 Å². The van der Waals surface area contributed by atoms with Crippen molar-refractivity contribution in [2.45, 2.75) is 51.6 Å². The minimum atomic E-state index is -0.0413. The topological polar surface area (TPSA) is 58.4 Å². The Balaban J connectivity index is 2.44. The zero-order valence-corrected chi connectivity index (χ0v) is 10.5. The summed E-state index contributed by atoms with van der Waals surface area (Å²) in [6.45, 7) is 6.27. The van der Waals surface area contributed by atoms with Gasteiger partial charge >= 0.3 is 0 Å². The van der Waals surface area contributed by atoms with E-state index in [0.29, 0.717) is 12.6 Å². The van der Waals surface area contributed by atoms with Gasteiger partial charge in [-0.15, -0.1) is 0 Å². The molecule has 4 nitrogen and oxygen atoms in total. The Bertz CT molecular complexity index is 216. The number of nitrogens with two attached hydrogens (primary N) is 1. The summed E-state index contributed by atoms with van der Waals surface area (Å²) in [5.41, 5.74) is 5.61. The first kappa shape index (κ1) is 13.5. The second-order valence-electron chi connectivity index (χ2n) is 4.58. The summed E-state index contributed by atoms with van der Waals surface area (Å²) in [5, 5.41) is 2.95. The Labute approximate surface area is 98.6 Å². The van der Waals surface area contributed by atoms with E-state index < -0.39 is 0 Å². The van der Waals surface area contributed by atoms with Crippen LogP contribution in [0.5, 0.6) is 0 Å². The number of carbonyl (C=O) groups excluding carboxylic acids is 1. The third-order valence-electron chi connectivity index (χ3n) is 3.36. The second kappa shape index (κ2) is 6.86. The molecular weight excluding hydrogens is 202 g/mol. The molecule has 0 radical (unpaired) electrons. The fraction of sp³-hybridized carbons (Fsp3) is 0.917. The maximum atomic E-state index is 11.9. The minimum absolute atomic E-state index is 0.0413. The van der Waals surface area contributed by atoms with Crippen LogP contribution in [0.15, 0.2) is 0 Å². The lowest BCUT2D eigenvalue weighted by Crippen LogP contribution is -2.53. The Hall–Kier alpha value is -0.610. The number of carbonyl (C=O) groups is 1. The van der Waals surface area contributed by atoms with Gasteiger partial charge in [0.1, 0.15) is 0 Å². The molecule has 0 aliphatic heterocycles. The van der Waals surface area contributed by atoms with Crippen LogP contribution < -0.4 is 11.1 Å². The van der Waals surface area contributed by atoms with Crippen LogP contribution in [0.1, 0.15) is 39.5 Å². The number of nitrogens with zero attached hydrogens (tertiary/aromatic N) is 1. The van der Waals surface area contributed by atoms with Crippen molar-refractivity contribution in [2.24, 2.45) is 5.73 Å². The SMILES string of the molecule is CCCNC(=O)C(C)N(CCN)C1CCC1. The smallest absolute Gasteiger partial charge is 0.237 e. The van der Waals surface area contributed by atoms with Gasteiger partial charge < -0.3 is 11.1 Å². The third-order valence-corrected chi connectivity index (χ3v) is 3.36. The van der Waals surface area contributed by atoms with Gasteiger partial charge in [0.2, 0.25) is 5.91 Å². The average molecular weight is 227 g/mol. The zero-order valence-electron chi connectivity index (χ0n) is 10.5. The molecule has 0 aromatic rings. The maximum Gasteiger partial charge on any atom is 0.237 e. The summed E-state index contributed by atoms with van der Waals surface area (Å²) in [7, 11) is 0. The van der Waals surface area contributed by atoms with Gasteiger partial charge in [-0.25, -0.2) is 0 Å². The number of hydrogen-bond donors (Lipinski definition) is 2. The van der Waals surface area contributed by atoms with E-state index in [2.05, 4.69) is 17.1 Å². The van der Waals surface area contributed by atoms with Gasteiger partial charge in [-0.3, -0.25) is 9.69 Å². The van der Waals surface area contributed by atoms with Gasteiger partial charge in [-0.05, 0) is 26.2 Å². The zero-order chi connectivity index (χ0) is 12.0. The van der Waals surface area contributed by atoms with Crippen molar-refractivity contribution in [3.8, 4) is 0 Å². The minimum Gasteiger partial charge on any atom is -0.355 e. The van der Waals surface area contributed by atoms with Gasteiger partial charge in [0.15, 0.2) is 0 Å². The van der Waals surface area contributed by atoms with Crippen molar-refractivity contribution < 1.29 is 4.79 Å². The number of nitrogens with one attached hydrogen (secondary N) is 1. The monoisotopic (exact) mass is 227 g/mol. The van der Waals surface area contributed by atoms with Crippen LogP contribution >= 0.6 is 0 Å². The van der Waals surface area contributed by atoms with E-state index in [-0.39, 0.29) is 11.9 Å². The Kier molecular flexibility index (Phi) is 5.77. The molecule has 1 aliphatic rings. The highest BCUT2D eigenvalue weighted by atomic mass is 16.2. The molecule has 0 bridgehead atoms. The molecule has 0 saturated heterocycles. The van der Waals surface area contributed by atoms with Gasteiger partial charge in [0, 0.05) is 25.7 Å². The lowest BCUT2D eigenvalue weighted by atomic mass is 9.90. The van der Waals surface area contributed by atoms with Crippen molar-refractivity contribution in [3.63, 3.8) is 0 Å². The predicted octanol–water partition coefficient (Wildman–Crippen LogP) is 0.714. The van der Waals surface area contributed by atoms with Crippen LogP contribution in [0.4, 0.5) is 0 Å². The van der Waals surface area contributed by atoms with E-state index in [4.69, 9.17) is 5.73 Å². The van der Waals surface area contributed by atoms with Gasteiger partial charge in [0.05, 0.1) is 6.04 Å². The normalized spacial score (nSPS) is 18.2. The van der Waals surface area contributed by atoms with E-state index >= 15 is 0 Å². The third kappa shape index (κ3) is 3.46. The standard InChI is InChI=1S/C12H25N3O/c1-3-8-14-12(16)10(2)15(9-7-13)11-5-4-6-11/h10-11H,3-9,13H2,1-2H3,(H,14,16). The van der Waals surface area contributed by atoms with Crippen LogP contribution in [-0.2, 0) is 4.79 Å². The largest absolute Gasteiger partial charge is 0.355 e. The van der Waals surface area contributed by atoms with E-state index in [0.717, 1.165) is 19.5 Å². The summed E-state index contributed by atoms with van der Waals surface area (Å²) >= 11 is 0. The molecule has 1 unspecified atom stereocenters. The quantitative estimate of drug-likeness (QED) is 0.673. The van der Waals surface area contributed by atoms with Gasteiger partial charge in [-0.1, -0.05) is 13.3 Å². The Morgan fingerprint density at radius 3 is 2.69 bits per heavy atom. The fourth-order valence-electron chi connectivity index (χ4n) is 2.11. The molecule has 1 aliphatic carbocycles. The Morgan fingerprint density at radius 2 is 2.25 bits per heavy atom. The summed E-state index contributed by atoms with van der Waals surface area (Å²) in [5.74, 6) is 0.141. The van der Waals surface area contributed by atoms with Crippen molar-refractivity contribution >= 4 is 5.91 Å². The average Bonchev–Trinajstić information content (AvgIpc) is 2.21. The number of amides is 1. The molecule has 0 spiro atoms. The molecule has 0 aromatic heterocycles. The summed E-state index contributed by atoms with van der Waals surface area (Å²) in [6.07, 6.45) is 4.70. The highest BCUT2D eigenvalue weighted by Gasteiger charge is 2.30. The van der Waals surface area contributed by atoms with Crippen LogP contribution in [0.2, 0.25) is 0 Å². The van der Waals surface area contributed by atoms with Crippen LogP contribution in [0, 0.1) is 0 Å². The molecule has 1 rings (SSSR count). The summed E-state index contributed by atoms with van der Waals surface area (Å²) < 4.78 is 0. The first-order valence-electron chi connectivity index (χ1n) is 6.44. The fourth-order valence-corrected chi connectivity index (χ4v) is 2.11. The van der Waals surface area contributed by atoms with Crippen LogP contribution in [0.3, 0.4) is 0 Å². The predicted molar refractivity (Wildman–Crippen MR) is 66.2 cm³/mol. The van der Waals surface area contributed by atoms with E-state index in [1.165, 1.54) is 19.3 Å².